The maximum absolute atomic E-state index is 12.9. The zero-order valence-electron chi connectivity index (χ0n) is 13.8. The molecule has 0 unspecified atom stereocenters. The lowest BCUT2D eigenvalue weighted by Crippen LogP contribution is -2.47. The van der Waals surface area contributed by atoms with E-state index in [1.807, 2.05) is 13.8 Å². The van der Waals surface area contributed by atoms with Gasteiger partial charge in [0.2, 0.25) is 0 Å². The summed E-state index contributed by atoms with van der Waals surface area (Å²) in [5, 5.41) is 0. The molecule has 2 rings (SSSR count). The van der Waals surface area contributed by atoms with Gasteiger partial charge in [0, 0.05) is 6.04 Å². The molecule has 0 aromatic heterocycles. The molecule has 6 heteroatoms. The molecule has 0 bridgehead atoms. The van der Waals surface area contributed by atoms with Crippen LogP contribution >= 0.6 is 0 Å². The summed E-state index contributed by atoms with van der Waals surface area (Å²) in [5.74, 6) is 0.185. The number of ether oxygens (including phenoxy) is 1. The van der Waals surface area contributed by atoms with Crippen molar-refractivity contribution in [3.05, 3.63) is 29.3 Å². The van der Waals surface area contributed by atoms with E-state index in [-0.39, 0.29) is 18.1 Å². The third kappa shape index (κ3) is 3.79. The zero-order valence-corrected chi connectivity index (χ0v) is 13.8. The van der Waals surface area contributed by atoms with Gasteiger partial charge < -0.3 is 4.74 Å². The standard InChI is InChI=1S/C17H22F3NO2/c1-10(2)14-7-5-12-9-13(17(18,19)20)6-8-15(12)21(14)16(22)23-11(3)4/h6,8-11,14H,5,7H2,1-4H3/t14-/m0/s1. The van der Waals surface area contributed by atoms with Crippen LogP contribution in [0.5, 0.6) is 0 Å². The highest BCUT2D eigenvalue weighted by molar-refractivity contribution is 5.90. The van der Waals surface area contributed by atoms with E-state index in [1.165, 1.54) is 11.0 Å². The minimum Gasteiger partial charge on any atom is -0.446 e. The van der Waals surface area contributed by atoms with Crippen LogP contribution in [0.4, 0.5) is 23.7 Å². The molecule has 1 atom stereocenters. The van der Waals surface area contributed by atoms with E-state index >= 15 is 0 Å². The van der Waals surface area contributed by atoms with Gasteiger partial charge in [0.05, 0.1) is 17.4 Å². The highest BCUT2D eigenvalue weighted by atomic mass is 19.4. The predicted octanol–water partition coefficient (Wildman–Crippen LogP) is 5.03. The van der Waals surface area contributed by atoms with Gasteiger partial charge in [-0.1, -0.05) is 13.8 Å². The van der Waals surface area contributed by atoms with Gasteiger partial charge in [-0.2, -0.15) is 13.2 Å². The van der Waals surface area contributed by atoms with E-state index in [0.717, 1.165) is 12.1 Å². The monoisotopic (exact) mass is 329 g/mol. The van der Waals surface area contributed by atoms with Crippen molar-refractivity contribution in [3.63, 3.8) is 0 Å². The first kappa shape index (κ1) is 17.6. The van der Waals surface area contributed by atoms with Gasteiger partial charge in [-0.3, -0.25) is 4.90 Å². The third-order valence-corrected chi connectivity index (χ3v) is 4.01. The number of carbonyl (C=O) groups is 1. The molecule has 128 valence electrons. The Morgan fingerprint density at radius 3 is 2.43 bits per heavy atom. The lowest BCUT2D eigenvalue weighted by atomic mass is 9.89. The summed E-state index contributed by atoms with van der Waals surface area (Å²) in [7, 11) is 0. The summed E-state index contributed by atoms with van der Waals surface area (Å²) in [6.07, 6.45) is -4.02. The zero-order chi connectivity index (χ0) is 17.4. The van der Waals surface area contributed by atoms with Crippen molar-refractivity contribution in [2.45, 2.75) is 58.9 Å². The van der Waals surface area contributed by atoms with Crippen LogP contribution < -0.4 is 4.90 Å². The second kappa shape index (κ2) is 6.42. The molecule has 0 saturated heterocycles. The number of rotatable bonds is 2. The molecule has 0 aliphatic carbocycles. The van der Waals surface area contributed by atoms with Crippen LogP contribution in [0.25, 0.3) is 0 Å². The number of hydrogen-bond acceptors (Lipinski definition) is 2. The summed E-state index contributed by atoms with van der Waals surface area (Å²) in [5.41, 5.74) is 0.377. The Labute approximate surface area is 134 Å². The fourth-order valence-corrected chi connectivity index (χ4v) is 2.93. The summed E-state index contributed by atoms with van der Waals surface area (Å²) < 4.78 is 43.9. The Bertz CT molecular complexity index is 582. The van der Waals surface area contributed by atoms with Crippen LogP contribution in [-0.2, 0) is 17.3 Å². The van der Waals surface area contributed by atoms with Gasteiger partial charge in [0.15, 0.2) is 0 Å². The number of benzene rings is 1. The van der Waals surface area contributed by atoms with Crippen LogP contribution in [0.3, 0.4) is 0 Å². The quantitative estimate of drug-likeness (QED) is 0.762. The first-order valence-electron chi connectivity index (χ1n) is 7.81. The topological polar surface area (TPSA) is 29.5 Å². The number of carbonyl (C=O) groups excluding carboxylic acids is 1. The molecule has 1 aliphatic rings. The van der Waals surface area contributed by atoms with E-state index < -0.39 is 17.8 Å². The molecule has 0 spiro atoms. The lowest BCUT2D eigenvalue weighted by molar-refractivity contribution is -0.137. The number of hydrogen-bond donors (Lipinski definition) is 0. The third-order valence-electron chi connectivity index (χ3n) is 4.01. The van der Waals surface area contributed by atoms with Gasteiger partial charge in [0.1, 0.15) is 0 Å². The van der Waals surface area contributed by atoms with Gasteiger partial charge in [-0.05, 0) is 56.4 Å². The van der Waals surface area contributed by atoms with Gasteiger partial charge in [0.25, 0.3) is 0 Å². The second-order valence-electron chi connectivity index (χ2n) is 6.49. The van der Waals surface area contributed by atoms with Crippen molar-refractivity contribution in [2.75, 3.05) is 4.90 Å². The van der Waals surface area contributed by atoms with Gasteiger partial charge >= 0.3 is 12.3 Å². The fraction of sp³-hybridized carbons (Fsp3) is 0.588. The van der Waals surface area contributed by atoms with E-state index in [0.29, 0.717) is 24.1 Å². The molecule has 0 fully saturated rings. The summed E-state index contributed by atoms with van der Waals surface area (Å²) in [6.45, 7) is 7.49. The number of fused-ring (bicyclic) bond motifs is 1. The van der Waals surface area contributed by atoms with Crippen molar-refractivity contribution in [1.82, 2.24) is 0 Å². The van der Waals surface area contributed by atoms with Crippen LogP contribution in [-0.4, -0.2) is 18.2 Å². The Morgan fingerprint density at radius 1 is 1.26 bits per heavy atom. The number of halogens is 3. The number of alkyl halides is 3. The second-order valence-corrected chi connectivity index (χ2v) is 6.49. The van der Waals surface area contributed by atoms with E-state index in [9.17, 15) is 18.0 Å². The van der Waals surface area contributed by atoms with Crippen molar-refractivity contribution >= 4 is 11.8 Å². The van der Waals surface area contributed by atoms with Crippen molar-refractivity contribution in [2.24, 2.45) is 5.92 Å². The maximum Gasteiger partial charge on any atom is 0.416 e. The van der Waals surface area contributed by atoms with Gasteiger partial charge in [-0.15, -0.1) is 0 Å². The number of nitrogens with zero attached hydrogens (tertiary/aromatic N) is 1. The Kier molecular flexibility index (Phi) is 4.92. The lowest BCUT2D eigenvalue weighted by Gasteiger charge is -2.39. The van der Waals surface area contributed by atoms with Crippen LogP contribution in [0, 0.1) is 5.92 Å². The highest BCUT2D eigenvalue weighted by Gasteiger charge is 2.37. The van der Waals surface area contributed by atoms with Crippen molar-refractivity contribution in [3.8, 4) is 0 Å². The molecule has 3 nitrogen and oxygen atoms in total. The maximum atomic E-state index is 12.9. The molecule has 1 aromatic carbocycles. The van der Waals surface area contributed by atoms with Crippen LogP contribution in [0.1, 0.15) is 45.2 Å². The average Bonchev–Trinajstić information content (AvgIpc) is 2.43. The Hall–Kier alpha value is -1.72. The van der Waals surface area contributed by atoms with Crippen molar-refractivity contribution < 1.29 is 22.7 Å². The number of aryl methyl sites for hydroxylation is 1. The van der Waals surface area contributed by atoms with Crippen LogP contribution in [0.2, 0.25) is 0 Å². The first-order chi connectivity index (χ1) is 10.6. The van der Waals surface area contributed by atoms with E-state index in [4.69, 9.17) is 4.74 Å². The molecule has 0 radical (unpaired) electrons. The van der Waals surface area contributed by atoms with E-state index in [2.05, 4.69) is 0 Å². The Morgan fingerprint density at radius 2 is 1.91 bits per heavy atom. The highest BCUT2D eigenvalue weighted by Crippen LogP contribution is 2.38. The number of amides is 1. The summed E-state index contributed by atoms with van der Waals surface area (Å²) in [4.78, 5) is 14.0. The fourth-order valence-electron chi connectivity index (χ4n) is 2.93. The smallest absolute Gasteiger partial charge is 0.416 e. The van der Waals surface area contributed by atoms with E-state index in [1.54, 1.807) is 13.8 Å². The molecule has 23 heavy (non-hydrogen) atoms. The first-order valence-corrected chi connectivity index (χ1v) is 7.81. The van der Waals surface area contributed by atoms with Crippen LogP contribution in [0.15, 0.2) is 18.2 Å². The molecule has 1 aliphatic heterocycles. The number of anilines is 1. The molecular formula is C17H22F3NO2. The molecule has 0 saturated carbocycles. The molecule has 1 heterocycles. The molecule has 0 N–H and O–H groups in total. The molecule has 1 amide bonds. The summed E-state index contributed by atoms with van der Waals surface area (Å²) >= 11 is 0. The Balaban J connectivity index is 2.44. The minimum absolute atomic E-state index is 0.0783. The minimum atomic E-state index is -4.38. The predicted molar refractivity (Wildman–Crippen MR) is 82.5 cm³/mol. The summed E-state index contributed by atoms with van der Waals surface area (Å²) in [6, 6.07) is 3.47. The van der Waals surface area contributed by atoms with Gasteiger partial charge in [-0.25, -0.2) is 4.79 Å². The SMILES string of the molecule is CC(C)OC(=O)N1c2ccc(C(F)(F)F)cc2CC[C@H]1C(C)C. The van der Waals surface area contributed by atoms with Crippen molar-refractivity contribution in [1.29, 1.82) is 0 Å². The largest absolute Gasteiger partial charge is 0.446 e. The average molecular weight is 329 g/mol. The molecule has 1 aromatic rings. The normalized spacial score (nSPS) is 18.3. The molecular weight excluding hydrogens is 307 g/mol.